The second kappa shape index (κ2) is 7.54. The fourth-order valence-corrected chi connectivity index (χ4v) is 2.76. The lowest BCUT2D eigenvalue weighted by Crippen LogP contribution is -2.39. The van der Waals surface area contributed by atoms with Crippen molar-refractivity contribution in [2.75, 3.05) is 18.4 Å². The van der Waals surface area contributed by atoms with Crippen molar-refractivity contribution in [2.45, 2.75) is 13.3 Å². The van der Waals surface area contributed by atoms with Crippen LogP contribution in [0.15, 0.2) is 30.9 Å². The van der Waals surface area contributed by atoms with Crippen molar-refractivity contribution in [1.82, 2.24) is 24.6 Å². The minimum atomic E-state index is -1.02. The van der Waals surface area contributed by atoms with Crippen LogP contribution >= 0.6 is 11.6 Å². The van der Waals surface area contributed by atoms with Crippen molar-refractivity contribution in [2.24, 2.45) is 0 Å². The summed E-state index contributed by atoms with van der Waals surface area (Å²) >= 11 is 5.98. The number of benzene rings is 1. The highest BCUT2D eigenvalue weighted by Gasteiger charge is 2.44. The fraction of sp³-hybridized carbons (Fsp3) is 0.250. The zero-order chi connectivity index (χ0) is 19.6. The van der Waals surface area contributed by atoms with E-state index in [-0.39, 0.29) is 6.54 Å². The molecule has 1 aliphatic rings. The standard InChI is InChI=1S/C16H15ClN6O4/c1-2-5-21-14(25)15(26)22(16(21)27)7-13(24)20-11-6-10(17)3-4-12(11)23-9-18-8-19-23/h3-4,6,8-9H,2,5,7H2,1H3,(H,20,24). The molecule has 2 heterocycles. The second-order valence-corrected chi connectivity index (χ2v) is 6.12. The van der Waals surface area contributed by atoms with E-state index < -0.39 is 30.3 Å². The molecule has 5 amide bonds. The van der Waals surface area contributed by atoms with Gasteiger partial charge < -0.3 is 5.32 Å². The molecular weight excluding hydrogens is 376 g/mol. The smallest absolute Gasteiger partial charge is 0.323 e. The van der Waals surface area contributed by atoms with Crippen molar-refractivity contribution in [1.29, 1.82) is 0 Å². The molecule has 1 aromatic carbocycles. The summed E-state index contributed by atoms with van der Waals surface area (Å²) in [5, 5.41) is 6.94. The molecule has 140 valence electrons. The monoisotopic (exact) mass is 390 g/mol. The molecule has 1 N–H and O–H groups in total. The van der Waals surface area contributed by atoms with Crippen LogP contribution in [0.25, 0.3) is 5.69 Å². The molecule has 1 aromatic heterocycles. The number of nitrogens with one attached hydrogen (secondary N) is 1. The number of anilines is 1. The lowest BCUT2D eigenvalue weighted by Gasteiger charge is -2.16. The molecule has 11 heteroatoms. The van der Waals surface area contributed by atoms with Crippen molar-refractivity contribution in [3.8, 4) is 5.69 Å². The van der Waals surface area contributed by atoms with Gasteiger partial charge in [-0.25, -0.2) is 19.4 Å². The van der Waals surface area contributed by atoms with Gasteiger partial charge in [0.15, 0.2) is 0 Å². The van der Waals surface area contributed by atoms with Gasteiger partial charge in [-0.15, -0.1) is 0 Å². The Morgan fingerprint density at radius 2 is 1.93 bits per heavy atom. The first kappa shape index (κ1) is 18.5. The van der Waals surface area contributed by atoms with Crippen LogP contribution in [0.4, 0.5) is 10.5 Å². The Kier molecular flexibility index (Phi) is 5.17. The normalized spacial score (nSPS) is 14.2. The van der Waals surface area contributed by atoms with E-state index in [4.69, 9.17) is 11.6 Å². The van der Waals surface area contributed by atoms with Gasteiger partial charge in [0.1, 0.15) is 19.2 Å². The van der Waals surface area contributed by atoms with Crippen molar-refractivity contribution >= 4 is 41.0 Å². The Balaban J connectivity index is 1.77. The van der Waals surface area contributed by atoms with Crippen LogP contribution in [0.2, 0.25) is 5.02 Å². The van der Waals surface area contributed by atoms with Crippen molar-refractivity contribution in [3.63, 3.8) is 0 Å². The molecule has 0 aliphatic carbocycles. The largest absolute Gasteiger partial charge is 0.334 e. The Labute approximate surface area is 158 Å². The molecule has 0 unspecified atom stereocenters. The topological polar surface area (TPSA) is 118 Å². The number of imide groups is 2. The first-order valence-electron chi connectivity index (χ1n) is 8.04. The Morgan fingerprint density at radius 3 is 2.59 bits per heavy atom. The van der Waals surface area contributed by atoms with Crippen LogP contribution in [0.5, 0.6) is 0 Å². The number of hydrogen-bond donors (Lipinski definition) is 1. The number of aromatic nitrogens is 3. The number of nitrogens with zero attached hydrogens (tertiary/aromatic N) is 5. The Morgan fingerprint density at radius 1 is 1.19 bits per heavy atom. The van der Waals surface area contributed by atoms with E-state index in [9.17, 15) is 19.2 Å². The van der Waals surface area contributed by atoms with Gasteiger partial charge in [0, 0.05) is 11.6 Å². The first-order valence-corrected chi connectivity index (χ1v) is 8.42. The van der Waals surface area contributed by atoms with Gasteiger partial charge in [-0.1, -0.05) is 18.5 Å². The molecular formula is C16H15ClN6O4. The predicted molar refractivity (Wildman–Crippen MR) is 94.1 cm³/mol. The van der Waals surface area contributed by atoms with Crippen molar-refractivity contribution < 1.29 is 19.2 Å². The Bertz CT molecular complexity index is 914. The number of amides is 5. The van der Waals surface area contributed by atoms with E-state index in [2.05, 4.69) is 15.4 Å². The van der Waals surface area contributed by atoms with Crippen LogP contribution in [0.1, 0.15) is 13.3 Å². The summed E-state index contributed by atoms with van der Waals surface area (Å²) in [4.78, 5) is 53.7. The third-order valence-corrected chi connectivity index (χ3v) is 4.02. The molecule has 0 spiro atoms. The molecule has 27 heavy (non-hydrogen) atoms. The minimum Gasteiger partial charge on any atom is -0.323 e. The Hall–Kier alpha value is -3.27. The minimum absolute atomic E-state index is 0.117. The number of carbonyl (C=O) groups excluding carboxylic acids is 4. The fourth-order valence-electron chi connectivity index (χ4n) is 2.58. The molecule has 1 aliphatic heterocycles. The van der Waals surface area contributed by atoms with Gasteiger partial charge in [0.05, 0.1) is 11.4 Å². The van der Waals surface area contributed by atoms with Crippen LogP contribution in [-0.4, -0.2) is 61.4 Å². The number of halogens is 1. The van der Waals surface area contributed by atoms with Gasteiger partial charge in [-0.05, 0) is 24.6 Å². The van der Waals surface area contributed by atoms with Crippen LogP contribution in [0, 0.1) is 0 Å². The molecule has 0 bridgehead atoms. The van der Waals surface area contributed by atoms with E-state index >= 15 is 0 Å². The van der Waals surface area contributed by atoms with E-state index in [1.807, 2.05) is 0 Å². The summed E-state index contributed by atoms with van der Waals surface area (Å²) < 4.78 is 1.42. The maximum atomic E-state index is 12.4. The average Bonchev–Trinajstić information content (AvgIpc) is 3.22. The summed E-state index contributed by atoms with van der Waals surface area (Å²) in [5.74, 6) is -2.61. The molecule has 2 aromatic rings. The second-order valence-electron chi connectivity index (χ2n) is 5.68. The molecule has 1 saturated heterocycles. The third kappa shape index (κ3) is 3.65. The SMILES string of the molecule is CCCN1C(=O)C(=O)N(CC(=O)Nc2cc(Cl)ccc2-n2cncn2)C1=O. The molecule has 3 rings (SSSR count). The van der Waals surface area contributed by atoms with E-state index in [1.165, 1.54) is 23.4 Å². The van der Waals surface area contributed by atoms with Gasteiger partial charge in [0.2, 0.25) is 5.91 Å². The average molecular weight is 391 g/mol. The van der Waals surface area contributed by atoms with Gasteiger partial charge in [0.25, 0.3) is 0 Å². The number of rotatable bonds is 6. The highest BCUT2D eigenvalue weighted by molar-refractivity contribution is 6.45. The summed E-state index contributed by atoms with van der Waals surface area (Å²) in [7, 11) is 0. The number of hydrogen-bond acceptors (Lipinski definition) is 6. The quantitative estimate of drug-likeness (QED) is 0.582. The number of urea groups is 1. The maximum Gasteiger partial charge on any atom is 0.334 e. The zero-order valence-electron chi connectivity index (χ0n) is 14.3. The van der Waals surface area contributed by atoms with Gasteiger partial charge in [-0.2, -0.15) is 5.10 Å². The highest BCUT2D eigenvalue weighted by Crippen LogP contribution is 2.24. The molecule has 0 radical (unpaired) electrons. The summed E-state index contributed by atoms with van der Waals surface area (Å²) in [6, 6.07) is 3.94. The number of carbonyl (C=O) groups is 4. The summed E-state index contributed by atoms with van der Waals surface area (Å²) in [6.45, 7) is 1.30. The van der Waals surface area contributed by atoms with Crippen LogP contribution in [0.3, 0.4) is 0 Å². The summed E-state index contributed by atoms with van der Waals surface area (Å²) in [6.07, 6.45) is 3.28. The predicted octanol–water partition coefficient (Wildman–Crippen LogP) is 1.06. The lowest BCUT2D eigenvalue weighted by atomic mass is 10.2. The maximum absolute atomic E-state index is 12.4. The highest BCUT2D eigenvalue weighted by atomic mass is 35.5. The third-order valence-electron chi connectivity index (χ3n) is 3.78. The van der Waals surface area contributed by atoms with E-state index in [1.54, 1.807) is 19.1 Å². The van der Waals surface area contributed by atoms with Gasteiger partial charge in [-0.3, -0.25) is 19.3 Å². The molecule has 0 atom stereocenters. The zero-order valence-corrected chi connectivity index (χ0v) is 15.0. The first-order chi connectivity index (χ1) is 12.9. The summed E-state index contributed by atoms with van der Waals surface area (Å²) in [5.41, 5.74) is 0.807. The van der Waals surface area contributed by atoms with Crippen LogP contribution < -0.4 is 5.32 Å². The molecule has 10 nitrogen and oxygen atoms in total. The molecule has 1 fully saturated rings. The lowest BCUT2D eigenvalue weighted by molar-refractivity contribution is -0.143. The molecule has 0 saturated carbocycles. The van der Waals surface area contributed by atoms with E-state index in [0.717, 1.165) is 4.90 Å². The van der Waals surface area contributed by atoms with Crippen molar-refractivity contribution in [3.05, 3.63) is 35.9 Å². The van der Waals surface area contributed by atoms with Gasteiger partial charge >= 0.3 is 17.8 Å². The van der Waals surface area contributed by atoms with Crippen LogP contribution in [-0.2, 0) is 14.4 Å². The van der Waals surface area contributed by atoms with E-state index in [0.29, 0.717) is 27.7 Å².